The summed E-state index contributed by atoms with van der Waals surface area (Å²) in [7, 11) is 0. The number of halogens is 1. The first-order valence-electron chi connectivity index (χ1n) is 6.41. The standard InChI is InChI=1S/C13H29N.ClH/c1-6-9-13(12(4)5)14(10-7-2)11-8-3;/h12-13H,6-11H2,1-5H3;1H. The van der Waals surface area contributed by atoms with Crippen LogP contribution in [-0.2, 0) is 0 Å². The Morgan fingerprint density at radius 2 is 1.33 bits per heavy atom. The predicted octanol–water partition coefficient (Wildman–Crippen LogP) is 4.35. The largest absolute Gasteiger partial charge is 0.300 e. The van der Waals surface area contributed by atoms with Gasteiger partial charge in [-0.05, 0) is 38.3 Å². The van der Waals surface area contributed by atoms with E-state index in [1.807, 2.05) is 0 Å². The minimum absolute atomic E-state index is 0. The molecule has 2 heteroatoms. The average molecular weight is 236 g/mol. The molecule has 0 bridgehead atoms. The van der Waals surface area contributed by atoms with E-state index < -0.39 is 0 Å². The van der Waals surface area contributed by atoms with Gasteiger partial charge >= 0.3 is 0 Å². The summed E-state index contributed by atoms with van der Waals surface area (Å²) in [5, 5.41) is 0. The molecule has 0 aliphatic heterocycles. The number of nitrogens with zero attached hydrogens (tertiary/aromatic N) is 1. The van der Waals surface area contributed by atoms with E-state index in [9.17, 15) is 0 Å². The Balaban J connectivity index is 0. The second kappa shape index (κ2) is 10.8. The Bertz CT molecular complexity index is 120. The Hall–Kier alpha value is 0.250. The zero-order valence-corrected chi connectivity index (χ0v) is 12.1. The molecule has 0 aromatic carbocycles. The first-order chi connectivity index (χ1) is 6.67. The van der Waals surface area contributed by atoms with E-state index in [0.717, 1.165) is 12.0 Å². The van der Waals surface area contributed by atoms with Gasteiger partial charge < -0.3 is 4.90 Å². The van der Waals surface area contributed by atoms with Gasteiger partial charge in [-0.1, -0.05) is 41.0 Å². The molecule has 0 saturated heterocycles. The van der Waals surface area contributed by atoms with Crippen molar-refractivity contribution in [2.45, 2.75) is 66.3 Å². The summed E-state index contributed by atoms with van der Waals surface area (Å²) in [5.74, 6) is 0.799. The summed E-state index contributed by atoms with van der Waals surface area (Å²) in [6.07, 6.45) is 5.24. The molecule has 0 fully saturated rings. The van der Waals surface area contributed by atoms with Gasteiger partial charge in [0.25, 0.3) is 0 Å². The maximum Gasteiger partial charge on any atom is 0.0118 e. The van der Waals surface area contributed by atoms with Crippen LogP contribution in [-0.4, -0.2) is 24.0 Å². The fourth-order valence-electron chi connectivity index (χ4n) is 2.25. The molecule has 0 radical (unpaired) electrons. The number of rotatable bonds is 8. The highest BCUT2D eigenvalue weighted by Crippen LogP contribution is 2.17. The third-order valence-corrected chi connectivity index (χ3v) is 2.84. The molecule has 0 N–H and O–H groups in total. The third-order valence-electron chi connectivity index (χ3n) is 2.84. The van der Waals surface area contributed by atoms with Crippen molar-refractivity contribution in [2.24, 2.45) is 5.92 Å². The summed E-state index contributed by atoms with van der Waals surface area (Å²) in [4.78, 5) is 2.69. The van der Waals surface area contributed by atoms with Crippen LogP contribution in [0.3, 0.4) is 0 Å². The van der Waals surface area contributed by atoms with E-state index in [-0.39, 0.29) is 12.4 Å². The van der Waals surface area contributed by atoms with Gasteiger partial charge in [-0.2, -0.15) is 0 Å². The van der Waals surface area contributed by atoms with Gasteiger partial charge in [-0.3, -0.25) is 0 Å². The van der Waals surface area contributed by atoms with Gasteiger partial charge in [0.05, 0.1) is 0 Å². The SMILES string of the molecule is CCCC(C(C)C)N(CCC)CCC.Cl. The zero-order chi connectivity index (χ0) is 11.0. The molecule has 15 heavy (non-hydrogen) atoms. The molecule has 1 nitrogen and oxygen atoms in total. The van der Waals surface area contributed by atoms with E-state index in [0.29, 0.717) is 0 Å². The predicted molar refractivity (Wildman–Crippen MR) is 72.9 cm³/mol. The lowest BCUT2D eigenvalue weighted by Gasteiger charge is -2.34. The van der Waals surface area contributed by atoms with Crippen LogP contribution in [0.1, 0.15) is 60.3 Å². The highest BCUT2D eigenvalue weighted by Gasteiger charge is 2.19. The second-order valence-corrected chi connectivity index (χ2v) is 4.64. The van der Waals surface area contributed by atoms with Crippen molar-refractivity contribution >= 4 is 12.4 Å². The maximum atomic E-state index is 2.69. The summed E-state index contributed by atoms with van der Waals surface area (Å²) in [6, 6.07) is 0.805. The first-order valence-corrected chi connectivity index (χ1v) is 6.41. The van der Waals surface area contributed by atoms with Crippen molar-refractivity contribution in [3.05, 3.63) is 0 Å². The lowest BCUT2D eigenvalue weighted by Crippen LogP contribution is -2.40. The highest BCUT2D eigenvalue weighted by atomic mass is 35.5. The molecular weight excluding hydrogens is 206 g/mol. The van der Waals surface area contributed by atoms with Crippen LogP contribution in [0.5, 0.6) is 0 Å². The molecule has 0 aromatic rings. The van der Waals surface area contributed by atoms with Crippen molar-refractivity contribution < 1.29 is 0 Å². The maximum absolute atomic E-state index is 2.69. The van der Waals surface area contributed by atoms with Crippen LogP contribution in [0.4, 0.5) is 0 Å². The van der Waals surface area contributed by atoms with E-state index in [1.54, 1.807) is 0 Å². The monoisotopic (exact) mass is 235 g/mol. The van der Waals surface area contributed by atoms with Crippen molar-refractivity contribution in [2.75, 3.05) is 13.1 Å². The summed E-state index contributed by atoms with van der Waals surface area (Å²) in [5.41, 5.74) is 0. The van der Waals surface area contributed by atoms with Gasteiger partial charge in [-0.25, -0.2) is 0 Å². The van der Waals surface area contributed by atoms with Crippen molar-refractivity contribution in [1.29, 1.82) is 0 Å². The van der Waals surface area contributed by atoms with E-state index in [2.05, 4.69) is 39.5 Å². The van der Waals surface area contributed by atoms with E-state index >= 15 is 0 Å². The Labute approximate surface area is 103 Å². The molecule has 1 unspecified atom stereocenters. The number of hydrogen-bond acceptors (Lipinski definition) is 1. The summed E-state index contributed by atoms with van der Waals surface area (Å²) >= 11 is 0. The van der Waals surface area contributed by atoms with Crippen LogP contribution in [0.2, 0.25) is 0 Å². The summed E-state index contributed by atoms with van der Waals surface area (Å²) < 4.78 is 0. The fraction of sp³-hybridized carbons (Fsp3) is 1.00. The van der Waals surface area contributed by atoms with Crippen LogP contribution in [0.25, 0.3) is 0 Å². The lowest BCUT2D eigenvalue weighted by atomic mass is 9.97. The molecule has 0 saturated carbocycles. The molecule has 0 aromatic heterocycles. The van der Waals surface area contributed by atoms with E-state index in [1.165, 1.54) is 38.8 Å². The molecule has 0 amide bonds. The van der Waals surface area contributed by atoms with Gasteiger partial charge in [0, 0.05) is 6.04 Å². The van der Waals surface area contributed by atoms with Gasteiger partial charge in [0.1, 0.15) is 0 Å². The lowest BCUT2D eigenvalue weighted by molar-refractivity contribution is 0.145. The number of hydrogen-bond donors (Lipinski definition) is 0. The Morgan fingerprint density at radius 1 is 0.867 bits per heavy atom. The molecular formula is C13H30ClN. The van der Waals surface area contributed by atoms with Crippen molar-refractivity contribution in [3.8, 4) is 0 Å². The fourth-order valence-corrected chi connectivity index (χ4v) is 2.25. The first kappa shape index (κ1) is 17.6. The van der Waals surface area contributed by atoms with Crippen LogP contribution in [0.15, 0.2) is 0 Å². The van der Waals surface area contributed by atoms with Crippen LogP contribution >= 0.6 is 12.4 Å². The quantitative estimate of drug-likeness (QED) is 0.605. The highest BCUT2D eigenvalue weighted by molar-refractivity contribution is 5.85. The molecule has 0 spiro atoms. The van der Waals surface area contributed by atoms with Gasteiger partial charge in [0.15, 0.2) is 0 Å². The molecule has 1 atom stereocenters. The minimum Gasteiger partial charge on any atom is -0.300 e. The summed E-state index contributed by atoms with van der Waals surface area (Å²) in [6.45, 7) is 14.1. The molecule has 0 aliphatic carbocycles. The molecule has 94 valence electrons. The smallest absolute Gasteiger partial charge is 0.0118 e. The molecule has 0 aliphatic rings. The third kappa shape index (κ3) is 7.19. The Kier molecular flexibility index (Phi) is 12.6. The average Bonchev–Trinajstić information content (AvgIpc) is 2.13. The molecule has 0 heterocycles. The minimum atomic E-state index is 0. The van der Waals surface area contributed by atoms with Crippen molar-refractivity contribution in [1.82, 2.24) is 4.90 Å². The topological polar surface area (TPSA) is 3.24 Å². The van der Waals surface area contributed by atoms with E-state index in [4.69, 9.17) is 0 Å². The normalized spacial score (nSPS) is 13.0. The molecule has 0 rings (SSSR count). The van der Waals surface area contributed by atoms with Gasteiger partial charge in [-0.15, -0.1) is 12.4 Å². The van der Waals surface area contributed by atoms with Crippen LogP contribution < -0.4 is 0 Å². The van der Waals surface area contributed by atoms with Crippen LogP contribution in [0, 0.1) is 5.92 Å². The van der Waals surface area contributed by atoms with Crippen molar-refractivity contribution in [3.63, 3.8) is 0 Å². The second-order valence-electron chi connectivity index (χ2n) is 4.64. The Morgan fingerprint density at radius 3 is 1.60 bits per heavy atom. The zero-order valence-electron chi connectivity index (χ0n) is 11.3. The van der Waals surface area contributed by atoms with Gasteiger partial charge in [0.2, 0.25) is 0 Å².